The molecule has 5 heteroatoms. The number of fused-ring (bicyclic) bond motifs is 3. The average Bonchev–Trinajstić information content (AvgIpc) is 3.57. The second-order valence-corrected chi connectivity index (χ2v) is 13.2. The van der Waals surface area contributed by atoms with E-state index < -0.39 is 0 Å². The minimum Gasteiger partial charge on any atom is -0.310 e. The van der Waals surface area contributed by atoms with E-state index in [0.29, 0.717) is 17.5 Å². The summed E-state index contributed by atoms with van der Waals surface area (Å²) in [6.07, 6.45) is 0. The van der Waals surface area contributed by atoms with Crippen molar-refractivity contribution in [3.63, 3.8) is 0 Å². The van der Waals surface area contributed by atoms with Gasteiger partial charge in [-0.2, -0.15) is 0 Å². The quantitative estimate of drug-likeness (QED) is 0.171. The Balaban J connectivity index is 1.13. The van der Waals surface area contributed by atoms with Gasteiger partial charge in [0.2, 0.25) is 0 Å². The smallest absolute Gasteiger partial charge is 0.164 e. The van der Waals surface area contributed by atoms with Crippen molar-refractivity contribution in [1.82, 2.24) is 15.0 Å². The number of aromatic nitrogens is 3. The Kier molecular flexibility index (Phi) is 7.65. The van der Waals surface area contributed by atoms with Gasteiger partial charge in [-0.15, -0.1) is 11.3 Å². The number of hydrogen-bond donors (Lipinski definition) is 0. The van der Waals surface area contributed by atoms with E-state index >= 15 is 0 Å². The van der Waals surface area contributed by atoms with Gasteiger partial charge in [0.1, 0.15) is 0 Å². The predicted molar refractivity (Wildman–Crippen MR) is 209 cm³/mol. The fraction of sp³-hybridized carbons (Fsp3) is 0. The average molecular weight is 659 g/mol. The Morgan fingerprint density at radius 2 is 0.780 bits per heavy atom. The Bertz CT molecular complexity index is 2510. The summed E-state index contributed by atoms with van der Waals surface area (Å²) in [5, 5.41) is 2.44. The fourth-order valence-electron chi connectivity index (χ4n) is 6.44. The molecule has 7 aromatic carbocycles. The van der Waals surface area contributed by atoms with E-state index in [0.717, 1.165) is 33.8 Å². The number of thiophene rings is 1. The monoisotopic (exact) mass is 658 g/mol. The standard InChI is InChI=1S/C45H30N4S/c1-5-13-31(14-6-1)32-21-24-37(25-22-32)49(36-19-11-4-12-20-36)38-26-28-41-40(30-38)39-27-23-35(29-42(39)50-41)45-47-43(33-15-7-2-8-16-33)46-44(48-45)34-17-9-3-10-18-34/h1-30H. The molecule has 236 valence electrons. The van der Waals surface area contributed by atoms with Crippen LogP contribution in [0.25, 0.3) is 65.5 Å². The second-order valence-electron chi connectivity index (χ2n) is 12.1. The molecule has 0 fully saturated rings. The minimum atomic E-state index is 0.659. The number of rotatable bonds is 7. The van der Waals surface area contributed by atoms with Crippen LogP contribution in [0.15, 0.2) is 182 Å². The Morgan fingerprint density at radius 1 is 0.320 bits per heavy atom. The normalized spacial score (nSPS) is 11.2. The van der Waals surface area contributed by atoms with Gasteiger partial charge in [0, 0.05) is 53.9 Å². The largest absolute Gasteiger partial charge is 0.310 e. The van der Waals surface area contributed by atoms with Gasteiger partial charge < -0.3 is 4.90 Å². The van der Waals surface area contributed by atoms with E-state index in [1.165, 1.54) is 31.3 Å². The summed E-state index contributed by atoms with van der Waals surface area (Å²) in [5.74, 6) is 1.98. The van der Waals surface area contributed by atoms with Crippen molar-refractivity contribution in [2.45, 2.75) is 0 Å². The molecule has 50 heavy (non-hydrogen) atoms. The van der Waals surface area contributed by atoms with Crippen LogP contribution in [0.4, 0.5) is 17.1 Å². The maximum atomic E-state index is 4.97. The van der Waals surface area contributed by atoms with E-state index in [1.54, 1.807) is 11.3 Å². The molecule has 2 aromatic heterocycles. The zero-order chi connectivity index (χ0) is 33.3. The maximum absolute atomic E-state index is 4.97. The Labute approximate surface area is 294 Å². The number of para-hydroxylation sites is 1. The third-order valence-corrected chi connectivity index (χ3v) is 10.1. The highest BCUT2D eigenvalue weighted by Gasteiger charge is 2.17. The van der Waals surface area contributed by atoms with Crippen molar-refractivity contribution in [2.75, 3.05) is 4.90 Å². The lowest BCUT2D eigenvalue weighted by atomic mass is 10.0. The molecule has 0 unspecified atom stereocenters. The molecule has 2 heterocycles. The lowest BCUT2D eigenvalue weighted by Gasteiger charge is -2.25. The van der Waals surface area contributed by atoms with Crippen LogP contribution in [-0.4, -0.2) is 15.0 Å². The second kappa shape index (κ2) is 12.9. The van der Waals surface area contributed by atoms with Crippen LogP contribution in [0.3, 0.4) is 0 Å². The predicted octanol–water partition coefficient (Wildman–Crippen LogP) is 12.4. The first-order valence-corrected chi connectivity index (χ1v) is 17.4. The van der Waals surface area contributed by atoms with Gasteiger partial charge in [0.25, 0.3) is 0 Å². The molecule has 0 N–H and O–H groups in total. The van der Waals surface area contributed by atoms with Crippen molar-refractivity contribution in [3.8, 4) is 45.3 Å². The van der Waals surface area contributed by atoms with Gasteiger partial charge in [-0.3, -0.25) is 0 Å². The molecule has 0 atom stereocenters. The maximum Gasteiger partial charge on any atom is 0.164 e. The van der Waals surface area contributed by atoms with Crippen molar-refractivity contribution >= 4 is 48.6 Å². The highest BCUT2D eigenvalue weighted by atomic mass is 32.1. The van der Waals surface area contributed by atoms with E-state index in [1.807, 2.05) is 60.7 Å². The summed E-state index contributed by atoms with van der Waals surface area (Å²) in [5.41, 5.74) is 8.61. The molecular formula is C45H30N4S. The molecule has 0 spiro atoms. The van der Waals surface area contributed by atoms with E-state index in [4.69, 9.17) is 15.0 Å². The van der Waals surface area contributed by atoms with Gasteiger partial charge in [0.15, 0.2) is 17.5 Å². The molecule has 0 aliphatic heterocycles. The van der Waals surface area contributed by atoms with Crippen molar-refractivity contribution in [2.24, 2.45) is 0 Å². The van der Waals surface area contributed by atoms with Gasteiger partial charge in [0.05, 0.1) is 0 Å². The first-order valence-electron chi connectivity index (χ1n) is 16.6. The highest BCUT2D eigenvalue weighted by molar-refractivity contribution is 7.25. The molecule has 9 rings (SSSR count). The molecule has 0 saturated heterocycles. The minimum absolute atomic E-state index is 0.659. The molecular weight excluding hydrogens is 629 g/mol. The molecule has 0 aliphatic rings. The van der Waals surface area contributed by atoms with Crippen LogP contribution >= 0.6 is 11.3 Å². The van der Waals surface area contributed by atoms with Gasteiger partial charge in [-0.25, -0.2) is 15.0 Å². The SMILES string of the molecule is c1ccc(-c2ccc(N(c3ccccc3)c3ccc4sc5cc(-c6nc(-c7ccccc7)nc(-c7ccccc7)n6)ccc5c4c3)cc2)cc1. The van der Waals surface area contributed by atoms with Gasteiger partial charge >= 0.3 is 0 Å². The van der Waals surface area contributed by atoms with Crippen LogP contribution in [0.2, 0.25) is 0 Å². The number of anilines is 3. The summed E-state index contributed by atoms with van der Waals surface area (Å²) in [6, 6.07) is 63.5. The topological polar surface area (TPSA) is 41.9 Å². The Hall–Kier alpha value is -6.43. The fourth-order valence-corrected chi connectivity index (χ4v) is 7.56. The molecule has 9 aromatic rings. The third kappa shape index (κ3) is 5.70. The van der Waals surface area contributed by atoms with E-state index in [2.05, 4.69) is 126 Å². The van der Waals surface area contributed by atoms with Crippen LogP contribution in [-0.2, 0) is 0 Å². The number of nitrogens with zero attached hydrogens (tertiary/aromatic N) is 4. The van der Waals surface area contributed by atoms with Crippen LogP contribution in [0.1, 0.15) is 0 Å². The summed E-state index contributed by atoms with van der Waals surface area (Å²) in [4.78, 5) is 17.1. The zero-order valence-electron chi connectivity index (χ0n) is 27.0. The molecule has 4 nitrogen and oxygen atoms in total. The highest BCUT2D eigenvalue weighted by Crippen LogP contribution is 2.42. The van der Waals surface area contributed by atoms with Crippen LogP contribution < -0.4 is 4.90 Å². The molecule has 0 bridgehead atoms. The summed E-state index contributed by atoms with van der Waals surface area (Å²) in [7, 11) is 0. The van der Waals surface area contributed by atoms with Crippen molar-refractivity contribution < 1.29 is 0 Å². The van der Waals surface area contributed by atoms with Gasteiger partial charge in [-0.05, 0) is 59.7 Å². The van der Waals surface area contributed by atoms with Crippen molar-refractivity contribution in [3.05, 3.63) is 182 Å². The first-order chi connectivity index (χ1) is 24.8. The third-order valence-electron chi connectivity index (χ3n) is 8.92. The number of hydrogen-bond acceptors (Lipinski definition) is 5. The summed E-state index contributed by atoms with van der Waals surface area (Å²) >= 11 is 1.79. The van der Waals surface area contributed by atoms with Crippen LogP contribution in [0, 0.1) is 0 Å². The summed E-state index contributed by atoms with van der Waals surface area (Å²) in [6.45, 7) is 0. The Morgan fingerprint density at radius 3 is 1.38 bits per heavy atom. The van der Waals surface area contributed by atoms with Crippen molar-refractivity contribution in [1.29, 1.82) is 0 Å². The van der Waals surface area contributed by atoms with E-state index in [-0.39, 0.29) is 0 Å². The van der Waals surface area contributed by atoms with E-state index in [9.17, 15) is 0 Å². The molecule has 0 aliphatic carbocycles. The van der Waals surface area contributed by atoms with Gasteiger partial charge in [-0.1, -0.05) is 133 Å². The first kappa shape index (κ1) is 29.7. The molecule has 0 amide bonds. The zero-order valence-corrected chi connectivity index (χ0v) is 27.8. The number of benzene rings is 7. The molecule has 0 saturated carbocycles. The summed E-state index contributed by atoms with van der Waals surface area (Å²) < 4.78 is 2.43. The molecule has 0 radical (unpaired) electrons. The lowest BCUT2D eigenvalue weighted by Crippen LogP contribution is -2.09. The van der Waals surface area contributed by atoms with Crippen LogP contribution in [0.5, 0.6) is 0 Å². The lowest BCUT2D eigenvalue weighted by molar-refractivity contribution is 1.07.